The maximum atomic E-state index is 12.4. The number of fused-ring (bicyclic) bond motifs is 1. The molecular weight excluding hydrogens is 250 g/mol. The van der Waals surface area contributed by atoms with Gasteiger partial charge in [0.05, 0.1) is 0 Å². The van der Waals surface area contributed by atoms with Crippen LogP contribution in [0.3, 0.4) is 0 Å². The minimum atomic E-state index is -0.123. The molecule has 3 aromatic rings. The van der Waals surface area contributed by atoms with Crippen LogP contribution in [0, 0.1) is 13.8 Å². The number of hydrogen-bond acceptors (Lipinski definition) is 3. The van der Waals surface area contributed by atoms with Gasteiger partial charge in [0.2, 0.25) is 5.78 Å². The Hall–Kier alpha value is -2.55. The standard InChI is InChI=1S/C17H15NO2/c1-10-3-6-15-13(7-10)9-16(20-15)17(19)12-4-5-14(18)11(2)8-12/h3-9H,18H2,1-2H3. The molecule has 0 saturated heterocycles. The molecule has 0 unspecified atom stereocenters. The lowest BCUT2D eigenvalue weighted by atomic mass is 10.0. The van der Waals surface area contributed by atoms with Gasteiger partial charge in [0.1, 0.15) is 5.58 Å². The quantitative estimate of drug-likeness (QED) is 0.565. The number of ketones is 1. The Balaban J connectivity index is 2.05. The lowest BCUT2D eigenvalue weighted by Gasteiger charge is -2.02. The van der Waals surface area contributed by atoms with Crippen LogP contribution in [0.1, 0.15) is 27.2 Å². The van der Waals surface area contributed by atoms with Gasteiger partial charge < -0.3 is 10.2 Å². The molecule has 0 aliphatic carbocycles. The van der Waals surface area contributed by atoms with Gasteiger partial charge in [-0.2, -0.15) is 0 Å². The summed E-state index contributed by atoms with van der Waals surface area (Å²) in [5.41, 5.74) is 9.80. The zero-order valence-electron chi connectivity index (χ0n) is 11.4. The summed E-state index contributed by atoms with van der Waals surface area (Å²) in [6, 6.07) is 12.9. The van der Waals surface area contributed by atoms with E-state index in [2.05, 4.69) is 0 Å². The van der Waals surface area contributed by atoms with Crippen LogP contribution < -0.4 is 5.73 Å². The number of nitrogen functional groups attached to an aromatic ring is 1. The summed E-state index contributed by atoms with van der Waals surface area (Å²) in [4.78, 5) is 12.4. The van der Waals surface area contributed by atoms with Gasteiger partial charge >= 0.3 is 0 Å². The molecule has 1 heterocycles. The van der Waals surface area contributed by atoms with Gasteiger partial charge in [-0.05, 0) is 55.8 Å². The zero-order valence-corrected chi connectivity index (χ0v) is 11.4. The molecule has 2 N–H and O–H groups in total. The summed E-state index contributed by atoms with van der Waals surface area (Å²) in [6.07, 6.45) is 0. The molecule has 0 atom stereocenters. The number of nitrogens with two attached hydrogens (primary N) is 1. The van der Waals surface area contributed by atoms with E-state index < -0.39 is 0 Å². The predicted molar refractivity (Wildman–Crippen MR) is 80.0 cm³/mol. The fourth-order valence-electron chi connectivity index (χ4n) is 2.23. The molecule has 100 valence electrons. The average molecular weight is 265 g/mol. The first-order valence-electron chi connectivity index (χ1n) is 6.45. The van der Waals surface area contributed by atoms with E-state index in [1.54, 1.807) is 24.3 Å². The van der Waals surface area contributed by atoms with Crippen LogP contribution >= 0.6 is 0 Å². The second-order valence-corrected chi connectivity index (χ2v) is 5.05. The minimum Gasteiger partial charge on any atom is -0.453 e. The fourth-order valence-corrected chi connectivity index (χ4v) is 2.23. The van der Waals surface area contributed by atoms with Crippen molar-refractivity contribution >= 4 is 22.4 Å². The maximum Gasteiger partial charge on any atom is 0.228 e. The molecule has 20 heavy (non-hydrogen) atoms. The summed E-state index contributed by atoms with van der Waals surface area (Å²) in [6.45, 7) is 3.89. The Morgan fingerprint density at radius 2 is 1.85 bits per heavy atom. The molecule has 0 aliphatic rings. The number of hydrogen-bond donors (Lipinski definition) is 1. The van der Waals surface area contributed by atoms with Crippen LogP contribution in [-0.2, 0) is 0 Å². The van der Waals surface area contributed by atoms with Crippen molar-refractivity contribution in [3.8, 4) is 0 Å². The smallest absolute Gasteiger partial charge is 0.228 e. The third-order valence-corrected chi connectivity index (χ3v) is 3.43. The minimum absolute atomic E-state index is 0.123. The van der Waals surface area contributed by atoms with Crippen molar-refractivity contribution in [1.29, 1.82) is 0 Å². The lowest BCUT2D eigenvalue weighted by molar-refractivity contribution is 0.101. The second-order valence-electron chi connectivity index (χ2n) is 5.05. The first-order valence-corrected chi connectivity index (χ1v) is 6.45. The molecule has 0 radical (unpaired) electrons. The van der Waals surface area contributed by atoms with Gasteiger partial charge in [0.25, 0.3) is 0 Å². The third-order valence-electron chi connectivity index (χ3n) is 3.43. The molecule has 1 aromatic heterocycles. The van der Waals surface area contributed by atoms with Crippen LogP contribution in [0.2, 0.25) is 0 Å². The Morgan fingerprint density at radius 1 is 1.05 bits per heavy atom. The first kappa shape index (κ1) is 12.5. The molecule has 0 fully saturated rings. The molecule has 2 aromatic carbocycles. The molecule has 0 amide bonds. The predicted octanol–water partition coefficient (Wildman–Crippen LogP) is 3.86. The van der Waals surface area contributed by atoms with Gasteiger partial charge in [-0.15, -0.1) is 0 Å². The lowest BCUT2D eigenvalue weighted by Crippen LogP contribution is -2.01. The molecule has 3 rings (SSSR count). The van der Waals surface area contributed by atoms with Crippen molar-refractivity contribution in [2.75, 3.05) is 5.73 Å². The number of carbonyl (C=O) groups is 1. The topological polar surface area (TPSA) is 56.2 Å². The summed E-state index contributed by atoms with van der Waals surface area (Å²) in [5, 5.41) is 0.945. The fraction of sp³-hybridized carbons (Fsp3) is 0.118. The molecule has 0 saturated carbocycles. The zero-order chi connectivity index (χ0) is 14.3. The van der Waals surface area contributed by atoms with Crippen molar-refractivity contribution in [3.63, 3.8) is 0 Å². The summed E-state index contributed by atoms with van der Waals surface area (Å²) < 4.78 is 5.63. The second kappa shape index (κ2) is 4.53. The number of furan rings is 1. The highest BCUT2D eigenvalue weighted by molar-refractivity contribution is 6.09. The SMILES string of the molecule is Cc1ccc2oc(C(=O)c3ccc(N)c(C)c3)cc2c1. The van der Waals surface area contributed by atoms with Crippen LogP contribution in [0.5, 0.6) is 0 Å². The monoisotopic (exact) mass is 265 g/mol. The van der Waals surface area contributed by atoms with Crippen LogP contribution in [0.15, 0.2) is 46.9 Å². The largest absolute Gasteiger partial charge is 0.453 e. The number of aryl methyl sites for hydroxylation is 2. The van der Waals surface area contributed by atoms with E-state index in [1.807, 2.05) is 32.0 Å². The number of carbonyl (C=O) groups excluding carboxylic acids is 1. The van der Waals surface area contributed by atoms with Crippen molar-refractivity contribution in [3.05, 3.63) is 64.9 Å². The van der Waals surface area contributed by atoms with Gasteiger partial charge in [-0.1, -0.05) is 11.6 Å². The number of rotatable bonds is 2. The van der Waals surface area contributed by atoms with E-state index in [0.29, 0.717) is 17.0 Å². The van der Waals surface area contributed by atoms with Gasteiger partial charge in [-0.3, -0.25) is 4.79 Å². The van der Waals surface area contributed by atoms with Crippen molar-refractivity contribution < 1.29 is 9.21 Å². The van der Waals surface area contributed by atoms with Gasteiger partial charge in [0, 0.05) is 16.6 Å². The highest BCUT2D eigenvalue weighted by Gasteiger charge is 2.15. The van der Waals surface area contributed by atoms with Crippen LogP contribution in [0.25, 0.3) is 11.0 Å². The maximum absolute atomic E-state index is 12.4. The summed E-state index contributed by atoms with van der Waals surface area (Å²) >= 11 is 0. The number of anilines is 1. The van der Waals surface area contributed by atoms with Crippen molar-refractivity contribution in [2.45, 2.75) is 13.8 Å². The molecule has 0 spiro atoms. The van der Waals surface area contributed by atoms with E-state index >= 15 is 0 Å². The number of benzene rings is 2. The van der Waals surface area contributed by atoms with E-state index in [0.717, 1.165) is 22.1 Å². The van der Waals surface area contributed by atoms with E-state index in [9.17, 15) is 4.79 Å². The Kier molecular flexibility index (Phi) is 2.83. The first-order chi connectivity index (χ1) is 9.54. The van der Waals surface area contributed by atoms with Gasteiger partial charge in [-0.25, -0.2) is 0 Å². The van der Waals surface area contributed by atoms with E-state index in [-0.39, 0.29) is 5.78 Å². The Labute approximate surface area is 117 Å². The summed E-state index contributed by atoms with van der Waals surface area (Å²) in [7, 11) is 0. The summed E-state index contributed by atoms with van der Waals surface area (Å²) in [5.74, 6) is 0.233. The third kappa shape index (κ3) is 2.07. The highest BCUT2D eigenvalue weighted by Crippen LogP contribution is 2.23. The van der Waals surface area contributed by atoms with E-state index in [1.165, 1.54) is 0 Å². The normalized spacial score (nSPS) is 10.9. The average Bonchev–Trinajstić information content (AvgIpc) is 2.84. The highest BCUT2D eigenvalue weighted by atomic mass is 16.3. The van der Waals surface area contributed by atoms with Crippen LogP contribution in [-0.4, -0.2) is 5.78 Å². The van der Waals surface area contributed by atoms with Crippen LogP contribution in [0.4, 0.5) is 5.69 Å². The van der Waals surface area contributed by atoms with Crippen molar-refractivity contribution in [1.82, 2.24) is 0 Å². The molecular formula is C17H15NO2. The Bertz CT molecular complexity index is 815. The molecule has 3 heteroatoms. The molecule has 0 aliphatic heterocycles. The van der Waals surface area contributed by atoms with Gasteiger partial charge in [0.15, 0.2) is 5.76 Å². The molecule has 3 nitrogen and oxygen atoms in total. The Morgan fingerprint density at radius 3 is 2.60 bits per heavy atom. The van der Waals surface area contributed by atoms with Crippen molar-refractivity contribution in [2.24, 2.45) is 0 Å². The van der Waals surface area contributed by atoms with E-state index in [4.69, 9.17) is 10.2 Å². The molecule has 0 bridgehead atoms.